The van der Waals surface area contributed by atoms with Crippen LogP contribution in [0.2, 0.25) is 0 Å². The summed E-state index contributed by atoms with van der Waals surface area (Å²) < 4.78 is 0. The van der Waals surface area contributed by atoms with Crippen LogP contribution in [0.5, 0.6) is 0 Å². The van der Waals surface area contributed by atoms with E-state index >= 15 is 0 Å². The predicted octanol–water partition coefficient (Wildman–Crippen LogP) is 2.31. The van der Waals surface area contributed by atoms with Crippen LogP contribution in [-0.4, -0.2) is 23.7 Å². The largest absolute Gasteiger partial charge is 0.480 e. The molecule has 1 aromatic carbocycles. The molecule has 1 aliphatic rings. The van der Waals surface area contributed by atoms with Crippen LogP contribution in [0.4, 0.5) is 5.69 Å². The third-order valence-electron chi connectivity index (χ3n) is 3.42. The second-order valence-electron chi connectivity index (χ2n) is 4.66. The van der Waals surface area contributed by atoms with Crippen LogP contribution in [0.15, 0.2) is 18.2 Å². The second kappa shape index (κ2) is 5.09. The molecule has 1 unspecified atom stereocenters. The zero-order chi connectivity index (χ0) is 13.1. The lowest BCUT2D eigenvalue weighted by Crippen LogP contribution is -2.45. The van der Waals surface area contributed by atoms with Crippen molar-refractivity contribution in [2.45, 2.75) is 32.2 Å². The van der Waals surface area contributed by atoms with Gasteiger partial charge in [-0.05, 0) is 49.9 Å². The first-order valence-electron chi connectivity index (χ1n) is 6.13. The maximum absolute atomic E-state index is 11.3. The third kappa shape index (κ3) is 2.30. The zero-order valence-corrected chi connectivity index (χ0v) is 10.4. The first kappa shape index (κ1) is 12.4. The van der Waals surface area contributed by atoms with Crippen molar-refractivity contribution >= 4 is 11.7 Å². The summed E-state index contributed by atoms with van der Waals surface area (Å²) in [7, 11) is 0. The molecule has 1 atom stereocenters. The predicted molar refractivity (Wildman–Crippen MR) is 68.5 cm³/mol. The van der Waals surface area contributed by atoms with E-state index in [2.05, 4.69) is 6.07 Å². The molecule has 0 aromatic heterocycles. The molecule has 1 heterocycles. The maximum atomic E-state index is 11.3. The summed E-state index contributed by atoms with van der Waals surface area (Å²) in [5, 5.41) is 18.1. The van der Waals surface area contributed by atoms with Crippen molar-refractivity contribution in [1.29, 1.82) is 5.26 Å². The van der Waals surface area contributed by atoms with E-state index in [9.17, 15) is 9.90 Å². The smallest absolute Gasteiger partial charge is 0.326 e. The highest BCUT2D eigenvalue weighted by Crippen LogP contribution is 2.28. The fourth-order valence-electron chi connectivity index (χ4n) is 2.52. The van der Waals surface area contributed by atoms with Gasteiger partial charge in [-0.2, -0.15) is 5.26 Å². The van der Waals surface area contributed by atoms with Gasteiger partial charge in [-0.15, -0.1) is 0 Å². The van der Waals surface area contributed by atoms with Crippen LogP contribution in [0.1, 0.15) is 30.4 Å². The van der Waals surface area contributed by atoms with Gasteiger partial charge in [-0.1, -0.05) is 0 Å². The molecule has 94 valence electrons. The lowest BCUT2D eigenvalue weighted by Gasteiger charge is -2.35. The van der Waals surface area contributed by atoms with Crippen LogP contribution in [0, 0.1) is 18.3 Å². The van der Waals surface area contributed by atoms with E-state index in [4.69, 9.17) is 5.26 Å². The van der Waals surface area contributed by atoms with Gasteiger partial charge in [0.15, 0.2) is 0 Å². The fourth-order valence-corrected chi connectivity index (χ4v) is 2.52. The Balaban J connectivity index is 2.34. The quantitative estimate of drug-likeness (QED) is 0.867. The number of aliphatic carboxylic acids is 1. The Morgan fingerprint density at radius 2 is 2.28 bits per heavy atom. The topological polar surface area (TPSA) is 64.3 Å². The number of piperidine rings is 1. The summed E-state index contributed by atoms with van der Waals surface area (Å²) in [4.78, 5) is 13.2. The van der Waals surface area contributed by atoms with E-state index in [0.717, 1.165) is 30.6 Å². The lowest BCUT2D eigenvalue weighted by atomic mass is 9.99. The van der Waals surface area contributed by atoms with E-state index in [1.165, 1.54) is 0 Å². The van der Waals surface area contributed by atoms with Crippen molar-refractivity contribution in [3.8, 4) is 6.07 Å². The summed E-state index contributed by atoms with van der Waals surface area (Å²) in [5.74, 6) is -0.765. The molecule has 1 aromatic rings. The number of hydrogen-bond acceptors (Lipinski definition) is 3. The average molecular weight is 244 g/mol. The van der Waals surface area contributed by atoms with Crippen LogP contribution in [0.25, 0.3) is 0 Å². The molecule has 0 aliphatic carbocycles. The molecule has 1 aliphatic heterocycles. The van der Waals surface area contributed by atoms with Crippen LogP contribution in [0.3, 0.4) is 0 Å². The maximum Gasteiger partial charge on any atom is 0.326 e. The lowest BCUT2D eigenvalue weighted by molar-refractivity contribution is -0.139. The van der Waals surface area contributed by atoms with E-state index in [-0.39, 0.29) is 0 Å². The van der Waals surface area contributed by atoms with Gasteiger partial charge in [-0.3, -0.25) is 0 Å². The molecular formula is C14H16N2O2. The first-order chi connectivity index (χ1) is 8.63. The number of nitriles is 1. The average Bonchev–Trinajstić information content (AvgIpc) is 2.38. The molecule has 18 heavy (non-hydrogen) atoms. The Kier molecular flexibility index (Phi) is 3.52. The van der Waals surface area contributed by atoms with Gasteiger partial charge in [0, 0.05) is 12.2 Å². The van der Waals surface area contributed by atoms with Gasteiger partial charge in [0.1, 0.15) is 6.04 Å². The summed E-state index contributed by atoms with van der Waals surface area (Å²) in [6.45, 7) is 2.69. The fraction of sp³-hybridized carbons (Fsp3) is 0.429. The van der Waals surface area contributed by atoms with Gasteiger partial charge < -0.3 is 10.0 Å². The number of carboxylic acids is 1. The number of aryl methyl sites for hydroxylation is 1. The highest BCUT2D eigenvalue weighted by atomic mass is 16.4. The molecule has 0 radical (unpaired) electrons. The minimum atomic E-state index is -0.765. The number of nitrogens with zero attached hydrogens (tertiary/aromatic N) is 2. The summed E-state index contributed by atoms with van der Waals surface area (Å²) in [5.41, 5.74) is 2.50. The van der Waals surface area contributed by atoms with Gasteiger partial charge in [0.2, 0.25) is 0 Å². The van der Waals surface area contributed by atoms with Crippen LogP contribution >= 0.6 is 0 Å². The Morgan fingerprint density at radius 3 is 2.89 bits per heavy atom. The number of carbonyl (C=O) groups is 1. The van der Waals surface area contributed by atoms with E-state index < -0.39 is 12.0 Å². The number of benzene rings is 1. The Bertz CT molecular complexity index is 505. The van der Waals surface area contributed by atoms with Crippen molar-refractivity contribution in [2.24, 2.45) is 0 Å². The first-order valence-corrected chi connectivity index (χ1v) is 6.13. The van der Waals surface area contributed by atoms with Gasteiger partial charge >= 0.3 is 5.97 Å². The molecular weight excluding hydrogens is 228 g/mol. The molecule has 2 rings (SSSR count). The molecule has 4 heteroatoms. The molecule has 1 N–H and O–H groups in total. The van der Waals surface area contributed by atoms with Crippen molar-refractivity contribution in [2.75, 3.05) is 11.4 Å². The van der Waals surface area contributed by atoms with Crippen molar-refractivity contribution in [3.05, 3.63) is 29.3 Å². The van der Waals surface area contributed by atoms with Crippen molar-refractivity contribution in [1.82, 2.24) is 0 Å². The number of carboxylic acid groups (broad SMARTS) is 1. The minimum absolute atomic E-state index is 0.439. The molecule has 1 fully saturated rings. The number of hydrogen-bond donors (Lipinski definition) is 1. The van der Waals surface area contributed by atoms with Crippen molar-refractivity contribution in [3.63, 3.8) is 0 Å². The molecule has 0 bridgehead atoms. The highest BCUT2D eigenvalue weighted by Gasteiger charge is 2.29. The van der Waals surface area contributed by atoms with Gasteiger partial charge in [0.05, 0.1) is 11.6 Å². The second-order valence-corrected chi connectivity index (χ2v) is 4.66. The Morgan fingerprint density at radius 1 is 1.50 bits per heavy atom. The van der Waals surface area contributed by atoms with Crippen LogP contribution < -0.4 is 4.90 Å². The number of rotatable bonds is 2. The standard InChI is InChI=1S/C14H16N2O2/c1-10-8-11(9-15)5-6-12(10)16-7-3-2-4-13(16)14(17)18/h5-6,8,13H,2-4,7H2,1H3,(H,17,18). The van der Waals surface area contributed by atoms with E-state index in [1.807, 2.05) is 24.0 Å². The Hall–Kier alpha value is -2.02. The monoisotopic (exact) mass is 244 g/mol. The SMILES string of the molecule is Cc1cc(C#N)ccc1N1CCCCC1C(=O)O. The molecule has 4 nitrogen and oxygen atoms in total. The molecule has 0 amide bonds. The normalized spacial score (nSPS) is 19.3. The summed E-state index contributed by atoms with van der Waals surface area (Å²) >= 11 is 0. The van der Waals surface area contributed by atoms with Gasteiger partial charge in [-0.25, -0.2) is 4.79 Å². The molecule has 0 spiro atoms. The molecule has 0 saturated carbocycles. The summed E-state index contributed by atoms with van der Waals surface area (Å²) in [6.07, 6.45) is 2.67. The molecule has 1 saturated heterocycles. The zero-order valence-electron chi connectivity index (χ0n) is 10.4. The third-order valence-corrected chi connectivity index (χ3v) is 3.42. The highest BCUT2D eigenvalue weighted by molar-refractivity contribution is 5.79. The minimum Gasteiger partial charge on any atom is -0.480 e. The summed E-state index contributed by atoms with van der Waals surface area (Å²) in [6, 6.07) is 7.07. The number of anilines is 1. The van der Waals surface area contributed by atoms with Crippen molar-refractivity contribution < 1.29 is 9.90 Å². The van der Waals surface area contributed by atoms with E-state index in [1.54, 1.807) is 6.07 Å². The van der Waals surface area contributed by atoms with E-state index in [0.29, 0.717) is 12.0 Å². The Labute approximate surface area is 106 Å². The van der Waals surface area contributed by atoms with Crippen LogP contribution in [-0.2, 0) is 4.79 Å². The van der Waals surface area contributed by atoms with Gasteiger partial charge in [0.25, 0.3) is 0 Å².